The molecule has 2 aromatic carbocycles. The third-order valence-electron chi connectivity index (χ3n) is 5.58. The van der Waals surface area contributed by atoms with Crippen LogP contribution in [0.1, 0.15) is 22.2 Å². The number of hydrogen-bond acceptors (Lipinski definition) is 8. The quantitative estimate of drug-likeness (QED) is 0.126. The molecule has 8 nitrogen and oxygen atoms in total. The SMILES string of the molecule is C=C(/C=C\C(=C/C)C(=O)NCc1cnc(-c2ccc(OCC(O)CNC)cc2)s1)Sc1ccccc1C(=O)NC. The molecule has 0 aliphatic carbocycles. The molecule has 1 heterocycles. The Morgan fingerprint density at radius 3 is 2.60 bits per heavy atom. The number of carbonyl (C=O) groups excluding carboxylic acids is 2. The van der Waals surface area contributed by atoms with Gasteiger partial charge in [0.25, 0.3) is 11.8 Å². The van der Waals surface area contributed by atoms with Gasteiger partial charge in [-0.3, -0.25) is 9.59 Å². The van der Waals surface area contributed by atoms with Gasteiger partial charge < -0.3 is 25.8 Å². The lowest BCUT2D eigenvalue weighted by Gasteiger charge is -2.11. The number of allylic oxidation sites excluding steroid dienone is 2. The number of nitrogens with one attached hydrogen (secondary N) is 3. The molecule has 40 heavy (non-hydrogen) atoms. The van der Waals surface area contributed by atoms with Crippen molar-refractivity contribution in [2.24, 2.45) is 0 Å². The van der Waals surface area contributed by atoms with Crippen molar-refractivity contribution in [3.63, 3.8) is 0 Å². The summed E-state index contributed by atoms with van der Waals surface area (Å²) in [5, 5.41) is 19.1. The molecular formula is C30H34N4O4S2. The van der Waals surface area contributed by atoms with Gasteiger partial charge in [0.05, 0.1) is 12.1 Å². The van der Waals surface area contributed by atoms with Crippen molar-refractivity contribution in [3.05, 3.63) is 100 Å². The zero-order valence-electron chi connectivity index (χ0n) is 22.8. The molecule has 2 amide bonds. The molecule has 210 valence electrons. The topological polar surface area (TPSA) is 113 Å². The number of likely N-dealkylation sites (N-methyl/N-ethyl adjacent to an activating group) is 1. The minimum absolute atomic E-state index is 0.165. The Bertz CT molecular complexity index is 1370. The normalized spacial score (nSPS) is 12.2. The minimum atomic E-state index is -0.574. The van der Waals surface area contributed by atoms with E-state index in [2.05, 4.69) is 27.5 Å². The van der Waals surface area contributed by atoms with Gasteiger partial charge in [-0.05, 0) is 62.5 Å². The summed E-state index contributed by atoms with van der Waals surface area (Å²) in [6, 6.07) is 14.8. The smallest absolute Gasteiger partial charge is 0.252 e. The number of thioether (sulfide) groups is 1. The number of aliphatic hydroxyl groups excluding tert-OH is 1. The molecule has 3 rings (SSSR count). The first-order chi connectivity index (χ1) is 19.3. The molecule has 0 fully saturated rings. The fourth-order valence-electron chi connectivity index (χ4n) is 3.51. The predicted octanol–water partition coefficient (Wildman–Crippen LogP) is 4.55. The second kappa shape index (κ2) is 15.8. The monoisotopic (exact) mass is 578 g/mol. The Morgan fingerprint density at radius 2 is 1.90 bits per heavy atom. The Morgan fingerprint density at radius 1 is 1.15 bits per heavy atom. The number of hydrogen-bond donors (Lipinski definition) is 4. The summed E-state index contributed by atoms with van der Waals surface area (Å²) in [5.41, 5.74) is 2.01. The molecule has 0 saturated heterocycles. The first kappa shape index (κ1) is 30.8. The highest BCUT2D eigenvalue weighted by atomic mass is 32.2. The fraction of sp³-hybridized carbons (Fsp3) is 0.233. The van der Waals surface area contributed by atoms with Crippen molar-refractivity contribution < 1.29 is 19.4 Å². The van der Waals surface area contributed by atoms with Crippen LogP contribution in [-0.4, -0.2) is 55.3 Å². The van der Waals surface area contributed by atoms with E-state index in [0.29, 0.717) is 34.9 Å². The van der Waals surface area contributed by atoms with E-state index >= 15 is 0 Å². The van der Waals surface area contributed by atoms with E-state index in [1.807, 2.05) is 42.5 Å². The van der Waals surface area contributed by atoms with Crippen molar-refractivity contribution >= 4 is 34.9 Å². The van der Waals surface area contributed by atoms with Crippen LogP contribution in [0.3, 0.4) is 0 Å². The fourth-order valence-corrected chi connectivity index (χ4v) is 5.21. The van der Waals surface area contributed by atoms with Crippen molar-refractivity contribution in [3.8, 4) is 16.3 Å². The van der Waals surface area contributed by atoms with Crippen molar-refractivity contribution in [1.29, 1.82) is 0 Å². The number of ether oxygens (including phenoxy) is 1. The van der Waals surface area contributed by atoms with E-state index in [1.165, 1.54) is 23.1 Å². The van der Waals surface area contributed by atoms with E-state index in [1.54, 1.807) is 51.5 Å². The zero-order chi connectivity index (χ0) is 28.9. The maximum absolute atomic E-state index is 12.8. The molecule has 1 atom stereocenters. The predicted molar refractivity (Wildman–Crippen MR) is 163 cm³/mol. The number of aliphatic hydroxyl groups is 1. The van der Waals surface area contributed by atoms with Gasteiger partial charge in [0.15, 0.2) is 0 Å². The first-order valence-corrected chi connectivity index (χ1v) is 14.3. The molecule has 4 N–H and O–H groups in total. The zero-order valence-corrected chi connectivity index (χ0v) is 24.4. The first-order valence-electron chi connectivity index (χ1n) is 12.7. The van der Waals surface area contributed by atoms with Crippen LogP contribution in [0.5, 0.6) is 5.75 Å². The van der Waals surface area contributed by atoms with Crippen molar-refractivity contribution in [2.45, 2.75) is 24.5 Å². The molecule has 0 aliphatic rings. The minimum Gasteiger partial charge on any atom is -0.491 e. The molecule has 0 radical (unpaired) electrons. The van der Waals surface area contributed by atoms with Gasteiger partial charge >= 0.3 is 0 Å². The molecule has 0 aliphatic heterocycles. The number of amides is 2. The molecule has 10 heteroatoms. The van der Waals surface area contributed by atoms with Crippen LogP contribution in [0, 0.1) is 0 Å². The number of nitrogens with zero attached hydrogens (tertiary/aromatic N) is 1. The van der Waals surface area contributed by atoms with E-state index in [9.17, 15) is 14.7 Å². The third kappa shape index (κ3) is 9.20. The number of benzene rings is 2. The Labute approximate surface area is 243 Å². The standard InChI is InChI=1S/C30H34N4O4S2/c1-5-21(11-10-20(2)39-27-9-7-6-8-26(27)29(37)32-4)28(36)33-17-25-18-34-30(40-25)22-12-14-24(15-13-22)38-19-23(35)16-31-3/h5-15,18,23,31,35H,2,16-17,19H2,1,3-4H3,(H,32,37)(H,33,36)/b11-10-,21-5+. The van der Waals surface area contributed by atoms with E-state index in [0.717, 1.165) is 20.3 Å². The summed E-state index contributed by atoms with van der Waals surface area (Å²) in [7, 11) is 3.37. The second-order valence-electron chi connectivity index (χ2n) is 8.58. The van der Waals surface area contributed by atoms with Crippen LogP contribution < -0.4 is 20.7 Å². The number of rotatable bonds is 14. The van der Waals surface area contributed by atoms with Gasteiger partial charge in [0.1, 0.15) is 23.5 Å². The molecule has 0 spiro atoms. The lowest BCUT2D eigenvalue weighted by atomic mass is 10.2. The maximum Gasteiger partial charge on any atom is 0.252 e. The van der Waals surface area contributed by atoms with Crippen molar-refractivity contribution in [2.75, 3.05) is 27.2 Å². The van der Waals surface area contributed by atoms with Crippen LogP contribution in [0.2, 0.25) is 0 Å². The van der Waals surface area contributed by atoms with Crippen LogP contribution in [-0.2, 0) is 11.3 Å². The maximum atomic E-state index is 12.8. The summed E-state index contributed by atoms with van der Waals surface area (Å²) in [5.74, 6) is 0.299. The number of carbonyl (C=O) groups is 2. The molecule has 0 bridgehead atoms. The van der Waals surface area contributed by atoms with E-state index < -0.39 is 6.10 Å². The van der Waals surface area contributed by atoms with Crippen LogP contribution >= 0.6 is 23.1 Å². The summed E-state index contributed by atoms with van der Waals surface area (Å²) in [6.07, 6.45) is 6.40. The van der Waals surface area contributed by atoms with Crippen LogP contribution in [0.4, 0.5) is 0 Å². The summed E-state index contributed by atoms with van der Waals surface area (Å²) < 4.78 is 5.61. The van der Waals surface area contributed by atoms with Gasteiger partial charge in [-0.1, -0.05) is 36.5 Å². The lowest BCUT2D eigenvalue weighted by molar-refractivity contribution is -0.117. The van der Waals surface area contributed by atoms with Gasteiger partial charge in [-0.15, -0.1) is 11.3 Å². The third-order valence-corrected chi connectivity index (χ3v) is 7.60. The molecule has 1 aromatic heterocycles. The number of aromatic nitrogens is 1. The second-order valence-corrected chi connectivity index (χ2v) is 10.9. The highest BCUT2D eigenvalue weighted by Crippen LogP contribution is 2.30. The average Bonchev–Trinajstić information content (AvgIpc) is 3.44. The highest BCUT2D eigenvalue weighted by Gasteiger charge is 2.12. The summed E-state index contributed by atoms with van der Waals surface area (Å²) >= 11 is 2.87. The molecule has 1 unspecified atom stereocenters. The van der Waals surface area contributed by atoms with Gasteiger partial charge in [0, 0.05) is 45.6 Å². The lowest BCUT2D eigenvalue weighted by Crippen LogP contribution is -2.29. The number of thiazole rings is 1. The Hall–Kier alpha value is -3.70. The van der Waals surface area contributed by atoms with E-state index in [-0.39, 0.29) is 18.4 Å². The van der Waals surface area contributed by atoms with Crippen LogP contribution in [0.15, 0.2) is 94.9 Å². The highest BCUT2D eigenvalue weighted by molar-refractivity contribution is 8.03. The Balaban J connectivity index is 1.52. The van der Waals surface area contributed by atoms with Gasteiger partial charge in [-0.25, -0.2) is 4.98 Å². The average molecular weight is 579 g/mol. The largest absolute Gasteiger partial charge is 0.491 e. The summed E-state index contributed by atoms with van der Waals surface area (Å²) in [4.78, 5) is 31.8. The Kier molecular flexibility index (Phi) is 12.2. The van der Waals surface area contributed by atoms with Gasteiger partial charge in [-0.2, -0.15) is 0 Å². The summed E-state index contributed by atoms with van der Waals surface area (Å²) in [6.45, 7) is 6.88. The molecule has 3 aromatic rings. The van der Waals surface area contributed by atoms with Gasteiger partial charge in [0.2, 0.25) is 0 Å². The molecule has 0 saturated carbocycles. The van der Waals surface area contributed by atoms with E-state index in [4.69, 9.17) is 4.74 Å². The van der Waals surface area contributed by atoms with Crippen molar-refractivity contribution in [1.82, 2.24) is 20.9 Å². The van der Waals surface area contributed by atoms with Crippen LogP contribution in [0.25, 0.3) is 10.6 Å². The molecular weight excluding hydrogens is 544 g/mol.